The van der Waals surface area contributed by atoms with Crippen molar-refractivity contribution in [1.29, 1.82) is 0 Å². The predicted molar refractivity (Wildman–Crippen MR) is 141 cm³/mol. The second-order valence-electron chi connectivity index (χ2n) is 8.12. The summed E-state index contributed by atoms with van der Waals surface area (Å²) in [6, 6.07) is 19.2. The number of ether oxygens (including phenoxy) is 1. The summed E-state index contributed by atoms with van der Waals surface area (Å²) in [6.45, 7) is 1.64. The molecule has 1 fully saturated rings. The lowest BCUT2D eigenvalue weighted by Gasteiger charge is -2.26. The van der Waals surface area contributed by atoms with Gasteiger partial charge >= 0.3 is 5.97 Å². The van der Waals surface area contributed by atoms with Crippen molar-refractivity contribution in [1.82, 2.24) is 4.90 Å². The molecular formula is C26H27N3O3S2. The quantitative estimate of drug-likeness (QED) is 0.346. The number of amides is 1. The summed E-state index contributed by atoms with van der Waals surface area (Å²) in [5, 5.41) is 7.25. The van der Waals surface area contributed by atoms with Crippen molar-refractivity contribution in [2.75, 3.05) is 30.8 Å². The Morgan fingerprint density at radius 1 is 1.00 bits per heavy atom. The second-order valence-corrected chi connectivity index (χ2v) is 9.66. The van der Waals surface area contributed by atoms with Crippen molar-refractivity contribution in [3.63, 3.8) is 0 Å². The van der Waals surface area contributed by atoms with Crippen LogP contribution in [0.4, 0.5) is 10.7 Å². The number of anilines is 2. The molecule has 0 spiro atoms. The number of esters is 1. The molecule has 2 aromatic carbocycles. The Kier molecular flexibility index (Phi) is 7.92. The topological polar surface area (TPSA) is 70.7 Å². The van der Waals surface area contributed by atoms with E-state index >= 15 is 0 Å². The molecule has 0 aliphatic carbocycles. The Morgan fingerprint density at radius 2 is 1.71 bits per heavy atom. The fourth-order valence-corrected chi connectivity index (χ4v) is 5.29. The van der Waals surface area contributed by atoms with Crippen molar-refractivity contribution >= 4 is 51.2 Å². The number of piperidine rings is 1. The molecule has 2 heterocycles. The van der Waals surface area contributed by atoms with Crippen molar-refractivity contribution < 1.29 is 14.3 Å². The third-order valence-electron chi connectivity index (χ3n) is 5.67. The first-order chi connectivity index (χ1) is 16.5. The van der Waals surface area contributed by atoms with E-state index in [1.54, 1.807) is 0 Å². The SMILES string of the molecule is COC(=O)c1cc(Cc2ccccc2)sc1NC(=S)Nc1ccc(C(=O)N2CCCCC2)cc1. The number of rotatable bonds is 6. The number of carbonyl (C=O) groups excluding carboxylic acids is 2. The summed E-state index contributed by atoms with van der Waals surface area (Å²) in [7, 11) is 1.37. The van der Waals surface area contributed by atoms with Crippen LogP contribution in [-0.2, 0) is 11.2 Å². The Bertz CT molecular complexity index is 1150. The maximum atomic E-state index is 12.7. The Morgan fingerprint density at radius 3 is 2.38 bits per heavy atom. The molecule has 1 amide bonds. The zero-order valence-corrected chi connectivity index (χ0v) is 20.6. The molecule has 0 unspecified atom stereocenters. The zero-order valence-electron chi connectivity index (χ0n) is 19.0. The van der Waals surface area contributed by atoms with E-state index in [9.17, 15) is 9.59 Å². The first-order valence-corrected chi connectivity index (χ1v) is 12.5. The van der Waals surface area contributed by atoms with E-state index in [1.165, 1.54) is 24.9 Å². The summed E-state index contributed by atoms with van der Waals surface area (Å²) < 4.78 is 4.95. The number of likely N-dealkylation sites (tertiary alicyclic amines) is 1. The van der Waals surface area contributed by atoms with E-state index in [2.05, 4.69) is 22.8 Å². The molecule has 0 atom stereocenters. The molecule has 1 aliphatic rings. The van der Waals surface area contributed by atoms with Crippen LogP contribution in [0.5, 0.6) is 0 Å². The van der Waals surface area contributed by atoms with Crippen LogP contribution in [0.2, 0.25) is 0 Å². The van der Waals surface area contributed by atoms with Gasteiger partial charge in [0.05, 0.1) is 12.7 Å². The largest absolute Gasteiger partial charge is 0.465 e. The molecule has 1 aliphatic heterocycles. The maximum absolute atomic E-state index is 12.7. The smallest absolute Gasteiger partial charge is 0.340 e. The monoisotopic (exact) mass is 493 g/mol. The number of hydrogen-bond acceptors (Lipinski definition) is 5. The van der Waals surface area contributed by atoms with Crippen LogP contribution in [0.15, 0.2) is 60.7 Å². The average molecular weight is 494 g/mol. The lowest BCUT2D eigenvalue weighted by molar-refractivity contribution is 0.0602. The van der Waals surface area contributed by atoms with Crippen LogP contribution in [0.25, 0.3) is 0 Å². The number of hydrogen-bond donors (Lipinski definition) is 2. The fraction of sp³-hybridized carbons (Fsp3) is 0.269. The minimum absolute atomic E-state index is 0.0687. The Labute approximate surface area is 208 Å². The number of thiophene rings is 1. The number of thiocarbonyl (C=S) groups is 1. The van der Waals surface area contributed by atoms with Crippen LogP contribution < -0.4 is 10.6 Å². The van der Waals surface area contributed by atoms with Gasteiger partial charge in [-0.2, -0.15) is 0 Å². The summed E-state index contributed by atoms with van der Waals surface area (Å²) in [5.41, 5.74) is 3.04. The standard InChI is InChI=1S/C26H27N3O3S2/c1-32-25(31)22-17-21(16-18-8-4-2-5-9-18)34-23(22)28-26(33)27-20-12-10-19(11-13-20)24(30)29-14-6-3-7-15-29/h2,4-5,8-13,17H,3,6-7,14-16H2,1H3,(H2,27,28,33). The molecular weight excluding hydrogens is 466 g/mol. The number of nitrogens with zero attached hydrogens (tertiary/aromatic N) is 1. The van der Waals surface area contributed by atoms with Gasteiger partial charge in [-0.3, -0.25) is 4.79 Å². The Balaban J connectivity index is 1.41. The summed E-state index contributed by atoms with van der Waals surface area (Å²) in [6.07, 6.45) is 4.03. The van der Waals surface area contributed by atoms with Crippen LogP contribution in [0.1, 0.15) is 50.4 Å². The highest BCUT2D eigenvalue weighted by atomic mass is 32.1. The normalized spacial score (nSPS) is 13.3. The lowest BCUT2D eigenvalue weighted by Crippen LogP contribution is -2.35. The zero-order chi connectivity index (χ0) is 23.9. The molecule has 6 nitrogen and oxygen atoms in total. The molecule has 3 aromatic rings. The van der Waals surface area contributed by atoms with Gasteiger partial charge in [-0.15, -0.1) is 11.3 Å². The van der Waals surface area contributed by atoms with Gasteiger partial charge in [0.2, 0.25) is 0 Å². The first-order valence-electron chi connectivity index (χ1n) is 11.3. The molecule has 4 rings (SSSR count). The van der Waals surface area contributed by atoms with Crippen molar-refractivity contribution in [2.45, 2.75) is 25.7 Å². The van der Waals surface area contributed by atoms with E-state index in [0.29, 0.717) is 27.7 Å². The third-order valence-corrected chi connectivity index (χ3v) is 6.92. The summed E-state index contributed by atoms with van der Waals surface area (Å²) in [4.78, 5) is 27.9. The van der Waals surface area contributed by atoms with E-state index in [1.807, 2.05) is 53.4 Å². The van der Waals surface area contributed by atoms with Gasteiger partial charge in [0.1, 0.15) is 5.00 Å². The molecule has 2 N–H and O–H groups in total. The van der Waals surface area contributed by atoms with Crippen molar-refractivity contribution in [3.05, 3.63) is 82.2 Å². The van der Waals surface area contributed by atoms with Gasteiger partial charge < -0.3 is 20.3 Å². The number of carbonyl (C=O) groups is 2. The molecule has 0 bridgehead atoms. The van der Waals surface area contributed by atoms with Gasteiger partial charge in [-0.1, -0.05) is 30.3 Å². The minimum Gasteiger partial charge on any atom is -0.465 e. The van der Waals surface area contributed by atoms with E-state index in [-0.39, 0.29) is 5.91 Å². The number of benzene rings is 2. The molecule has 34 heavy (non-hydrogen) atoms. The molecule has 8 heteroatoms. The van der Waals surface area contributed by atoms with Gasteiger partial charge in [-0.05, 0) is 67.4 Å². The lowest BCUT2D eigenvalue weighted by atomic mass is 10.1. The van der Waals surface area contributed by atoms with Crippen LogP contribution >= 0.6 is 23.6 Å². The van der Waals surface area contributed by atoms with Crippen LogP contribution in [-0.4, -0.2) is 42.1 Å². The highest BCUT2D eigenvalue weighted by molar-refractivity contribution is 7.80. The molecule has 1 aromatic heterocycles. The average Bonchev–Trinajstić information content (AvgIpc) is 3.26. The van der Waals surface area contributed by atoms with Crippen molar-refractivity contribution in [2.24, 2.45) is 0 Å². The van der Waals surface area contributed by atoms with Gasteiger partial charge in [-0.25, -0.2) is 4.79 Å². The maximum Gasteiger partial charge on any atom is 0.340 e. The molecule has 1 saturated heterocycles. The molecule has 176 valence electrons. The first kappa shape index (κ1) is 23.9. The predicted octanol–water partition coefficient (Wildman–Crippen LogP) is 5.56. The third kappa shape index (κ3) is 6.01. The molecule has 0 saturated carbocycles. The summed E-state index contributed by atoms with van der Waals surface area (Å²) in [5.74, 6) is -0.347. The fourth-order valence-electron chi connectivity index (χ4n) is 3.92. The highest BCUT2D eigenvalue weighted by Crippen LogP contribution is 2.31. The van der Waals surface area contributed by atoms with Gasteiger partial charge in [0, 0.05) is 35.6 Å². The second kappa shape index (κ2) is 11.3. The summed E-state index contributed by atoms with van der Waals surface area (Å²) >= 11 is 6.95. The van der Waals surface area contributed by atoms with Crippen LogP contribution in [0.3, 0.4) is 0 Å². The van der Waals surface area contributed by atoms with E-state index < -0.39 is 5.97 Å². The van der Waals surface area contributed by atoms with Gasteiger partial charge in [0.15, 0.2) is 5.11 Å². The number of methoxy groups -OCH3 is 1. The highest BCUT2D eigenvalue weighted by Gasteiger charge is 2.19. The van der Waals surface area contributed by atoms with Crippen LogP contribution in [0, 0.1) is 0 Å². The van der Waals surface area contributed by atoms with E-state index in [0.717, 1.165) is 42.1 Å². The van der Waals surface area contributed by atoms with Crippen molar-refractivity contribution in [3.8, 4) is 0 Å². The van der Waals surface area contributed by atoms with Gasteiger partial charge in [0.25, 0.3) is 5.91 Å². The molecule has 0 radical (unpaired) electrons. The minimum atomic E-state index is -0.415. The Hall–Kier alpha value is -3.23. The van der Waals surface area contributed by atoms with E-state index in [4.69, 9.17) is 17.0 Å². The number of nitrogens with one attached hydrogen (secondary N) is 2.